The molecule has 0 spiro atoms. The Morgan fingerprint density at radius 3 is 3.00 bits per heavy atom. The number of hydrogen-bond donors (Lipinski definition) is 2. The van der Waals surface area contributed by atoms with E-state index in [9.17, 15) is 4.79 Å². The zero-order valence-corrected chi connectivity index (χ0v) is 9.64. The number of nitrogens with one attached hydrogen (secondary N) is 1. The fraction of sp³-hybridized carbons (Fsp3) is 0.364. The maximum absolute atomic E-state index is 11.4. The normalized spacial score (nSPS) is 9.93. The van der Waals surface area contributed by atoms with Crippen molar-refractivity contribution in [2.45, 2.75) is 13.3 Å². The Hall–Kier alpha value is -1.16. The van der Waals surface area contributed by atoms with Gasteiger partial charge in [-0.1, -0.05) is 13.0 Å². The second-order valence-electron chi connectivity index (χ2n) is 3.23. The van der Waals surface area contributed by atoms with Gasteiger partial charge in [0.25, 0.3) is 0 Å². The number of amides is 1. The molecule has 0 unspecified atom stereocenters. The molecule has 0 heterocycles. The molecule has 3 nitrogen and oxygen atoms in total. The van der Waals surface area contributed by atoms with Crippen LogP contribution in [0.2, 0.25) is 0 Å². The van der Waals surface area contributed by atoms with Gasteiger partial charge in [0, 0.05) is 11.4 Å². The molecule has 0 fully saturated rings. The van der Waals surface area contributed by atoms with Crippen LogP contribution < -0.4 is 11.1 Å². The van der Waals surface area contributed by atoms with Crippen molar-refractivity contribution in [2.75, 3.05) is 22.6 Å². The molecule has 0 saturated carbocycles. The zero-order chi connectivity index (χ0) is 11.1. The molecule has 1 rings (SSSR count). The van der Waals surface area contributed by atoms with E-state index in [4.69, 9.17) is 5.73 Å². The maximum Gasteiger partial charge on any atom is 0.234 e. The highest BCUT2D eigenvalue weighted by atomic mass is 32.2. The average Bonchev–Trinajstić information content (AvgIpc) is 2.18. The van der Waals surface area contributed by atoms with Crippen LogP contribution in [0.3, 0.4) is 0 Å². The van der Waals surface area contributed by atoms with Crippen LogP contribution in [0.1, 0.15) is 13.3 Å². The number of nitrogens with two attached hydrogens (primary N) is 1. The highest BCUT2D eigenvalue weighted by Gasteiger charge is 2.01. The summed E-state index contributed by atoms with van der Waals surface area (Å²) in [5.74, 6) is 1.55. The van der Waals surface area contributed by atoms with Crippen molar-refractivity contribution in [3.8, 4) is 0 Å². The minimum absolute atomic E-state index is 0.0269. The summed E-state index contributed by atoms with van der Waals surface area (Å²) in [5.41, 5.74) is 7.02. The molecule has 1 aromatic rings. The molecule has 0 saturated heterocycles. The van der Waals surface area contributed by atoms with Gasteiger partial charge in [-0.05, 0) is 30.4 Å². The monoisotopic (exact) mass is 224 g/mol. The third-order valence-corrected chi connectivity index (χ3v) is 2.92. The lowest BCUT2D eigenvalue weighted by molar-refractivity contribution is -0.113. The van der Waals surface area contributed by atoms with E-state index >= 15 is 0 Å². The van der Waals surface area contributed by atoms with Crippen LogP contribution in [-0.4, -0.2) is 17.4 Å². The molecule has 0 aliphatic heterocycles. The lowest BCUT2D eigenvalue weighted by Crippen LogP contribution is -2.14. The van der Waals surface area contributed by atoms with Crippen LogP contribution in [0, 0.1) is 0 Å². The molecule has 0 atom stereocenters. The van der Waals surface area contributed by atoms with Gasteiger partial charge in [0.15, 0.2) is 0 Å². The Kier molecular flexibility index (Phi) is 5.04. The van der Waals surface area contributed by atoms with E-state index in [1.54, 1.807) is 23.9 Å². The van der Waals surface area contributed by atoms with Crippen LogP contribution in [0.5, 0.6) is 0 Å². The van der Waals surface area contributed by atoms with Crippen molar-refractivity contribution < 1.29 is 4.79 Å². The highest BCUT2D eigenvalue weighted by molar-refractivity contribution is 7.99. The molecule has 0 aliphatic carbocycles. The summed E-state index contributed by atoms with van der Waals surface area (Å²) in [6, 6.07) is 7.20. The molecule has 3 N–H and O–H groups in total. The Morgan fingerprint density at radius 1 is 1.53 bits per heavy atom. The van der Waals surface area contributed by atoms with Gasteiger partial charge in [-0.15, -0.1) is 0 Å². The molecular weight excluding hydrogens is 208 g/mol. The van der Waals surface area contributed by atoms with Gasteiger partial charge < -0.3 is 11.1 Å². The molecule has 0 aliphatic rings. The summed E-state index contributed by atoms with van der Waals surface area (Å²) < 4.78 is 0. The number of nitrogen functional groups attached to an aromatic ring is 1. The number of carbonyl (C=O) groups is 1. The largest absolute Gasteiger partial charge is 0.399 e. The van der Waals surface area contributed by atoms with E-state index in [1.165, 1.54) is 0 Å². The molecule has 0 aromatic heterocycles. The summed E-state index contributed by atoms with van der Waals surface area (Å²) >= 11 is 1.64. The van der Waals surface area contributed by atoms with E-state index in [0.29, 0.717) is 11.4 Å². The van der Waals surface area contributed by atoms with Crippen molar-refractivity contribution in [3.63, 3.8) is 0 Å². The standard InChI is InChI=1S/C11H16N2OS/c1-2-6-15-8-11(14)13-10-5-3-4-9(12)7-10/h3-5,7H,2,6,8,12H2,1H3,(H,13,14). The second kappa shape index (κ2) is 6.35. The van der Waals surface area contributed by atoms with Crippen LogP contribution in [0.15, 0.2) is 24.3 Å². The van der Waals surface area contributed by atoms with Crippen LogP contribution in [-0.2, 0) is 4.79 Å². The SMILES string of the molecule is CCCSCC(=O)Nc1cccc(N)c1. The van der Waals surface area contributed by atoms with E-state index in [2.05, 4.69) is 12.2 Å². The number of benzene rings is 1. The number of carbonyl (C=O) groups excluding carboxylic acids is 1. The summed E-state index contributed by atoms with van der Waals surface area (Å²) in [6.45, 7) is 2.10. The Labute approximate surface area is 94.4 Å². The minimum atomic E-state index is 0.0269. The molecule has 82 valence electrons. The van der Waals surface area contributed by atoms with Gasteiger partial charge in [-0.2, -0.15) is 11.8 Å². The molecule has 0 radical (unpaired) electrons. The summed E-state index contributed by atoms with van der Waals surface area (Å²) in [7, 11) is 0. The van der Waals surface area contributed by atoms with E-state index in [0.717, 1.165) is 17.9 Å². The maximum atomic E-state index is 11.4. The minimum Gasteiger partial charge on any atom is -0.399 e. The summed E-state index contributed by atoms with van der Waals surface area (Å²) in [5, 5.41) is 2.80. The van der Waals surface area contributed by atoms with Gasteiger partial charge in [0.1, 0.15) is 0 Å². The quantitative estimate of drug-likeness (QED) is 0.596. The lowest BCUT2D eigenvalue weighted by atomic mass is 10.3. The fourth-order valence-electron chi connectivity index (χ4n) is 1.12. The highest BCUT2D eigenvalue weighted by Crippen LogP contribution is 2.12. The number of thioether (sulfide) groups is 1. The van der Waals surface area contributed by atoms with Gasteiger partial charge in [-0.25, -0.2) is 0 Å². The van der Waals surface area contributed by atoms with Crippen LogP contribution >= 0.6 is 11.8 Å². The number of hydrogen-bond acceptors (Lipinski definition) is 3. The predicted octanol–water partition coefficient (Wildman–Crippen LogP) is 2.35. The van der Waals surface area contributed by atoms with Crippen molar-refractivity contribution >= 4 is 29.0 Å². The van der Waals surface area contributed by atoms with E-state index in [-0.39, 0.29) is 5.91 Å². The van der Waals surface area contributed by atoms with Gasteiger partial charge >= 0.3 is 0 Å². The molecular formula is C11H16N2OS. The molecule has 1 aromatic carbocycles. The zero-order valence-electron chi connectivity index (χ0n) is 8.82. The predicted molar refractivity (Wildman–Crippen MR) is 67.1 cm³/mol. The first kappa shape index (κ1) is 11.9. The topological polar surface area (TPSA) is 55.1 Å². The first-order valence-corrected chi connectivity index (χ1v) is 6.11. The Bertz CT molecular complexity index is 328. The van der Waals surface area contributed by atoms with Crippen molar-refractivity contribution in [1.29, 1.82) is 0 Å². The number of rotatable bonds is 5. The Balaban J connectivity index is 2.37. The molecule has 0 bridgehead atoms. The Morgan fingerprint density at radius 2 is 2.33 bits per heavy atom. The smallest absolute Gasteiger partial charge is 0.234 e. The van der Waals surface area contributed by atoms with Gasteiger partial charge in [0.05, 0.1) is 5.75 Å². The lowest BCUT2D eigenvalue weighted by Gasteiger charge is -2.05. The van der Waals surface area contributed by atoms with Crippen LogP contribution in [0.25, 0.3) is 0 Å². The molecule has 15 heavy (non-hydrogen) atoms. The van der Waals surface area contributed by atoms with Gasteiger partial charge in [-0.3, -0.25) is 4.79 Å². The summed E-state index contributed by atoms with van der Waals surface area (Å²) in [6.07, 6.45) is 1.09. The fourth-order valence-corrected chi connectivity index (χ4v) is 1.81. The summed E-state index contributed by atoms with van der Waals surface area (Å²) in [4.78, 5) is 11.4. The van der Waals surface area contributed by atoms with E-state index in [1.807, 2.05) is 12.1 Å². The van der Waals surface area contributed by atoms with Gasteiger partial charge in [0.2, 0.25) is 5.91 Å². The second-order valence-corrected chi connectivity index (χ2v) is 4.33. The van der Waals surface area contributed by atoms with Crippen LogP contribution in [0.4, 0.5) is 11.4 Å². The molecule has 4 heteroatoms. The first-order chi connectivity index (χ1) is 7.22. The average molecular weight is 224 g/mol. The first-order valence-electron chi connectivity index (χ1n) is 4.95. The third kappa shape index (κ3) is 4.74. The van der Waals surface area contributed by atoms with Crippen molar-refractivity contribution in [2.24, 2.45) is 0 Å². The number of anilines is 2. The van der Waals surface area contributed by atoms with Crippen molar-refractivity contribution in [1.82, 2.24) is 0 Å². The van der Waals surface area contributed by atoms with E-state index < -0.39 is 0 Å². The van der Waals surface area contributed by atoms with Crippen molar-refractivity contribution in [3.05, 3.63) is 24.3 Å². The third-order valence-electron chi connectivity index (χ3n) is 1.75. The molecule has 1 amide bonds.